The van der Waals surface area contributed by atoms with Crippen LogP contribution in [-0.2, 0) is 16.0 Å². The van der Waals surface area contributed by atoms with Gasteiger partial charge < -0.3 is 15.7 Å². The van der Waals surface area contributed by atoms with Crippen LogP contribution >= 0.6 is 0 Å². The van der Waals surface area contributed by atoms with Gasteiger partial charge in [-0.3, -0.25) is 9.59 Å². The number of hydrogen-bond donors (Lipinski definition) is 3. The third kappa shape index (κ3) is 5.73. The lowest BCUT2D eigenvalue weighted by Crippen LogP contribution is -2.51. The van der Waals surface area contributed by atoms with Gasteiger partial charge in [0.15, 0.2) is 0 Å². The molecule has 0 aliphatic rings. The van der Waals surface area contributed by atoms with E-state index in [0.717, 1.165) is 0 Å². The largest absolute Gasteiger partial charge is 0.508 e. The van der Waals surface area contributed by atoms with E-state index in [0.29, 0.717) is 5.56 Å². The van der Waals surface area contributed by atoms with Gasteiger partial charge in [0.1, 0.15) is 11.8 Å². The van der Waals surface area contributed by atoms with Gasteiger partial charge in [0, 0.05) is 5.54 Å². The molecule has 0 saturated carbocycles. The molecule has 20 heavy (non-hydrogen) atoms. The number of nitrogens with one attached hydrogen (secondary N) is 2. The Morgan fingerprint density at radius 2 is 1.95 bits per heavy atom. The molecular weight excluding hydrogens is 256 g/mol. The molecule has 0 aromatic heterocycles. The molecule has 0 saturated heterocycles. The summed E-state index contributed by atoms with van der Waals surface area (Å²) in [6.45, 7) is 7.28. The number of rotatable bonds is 4. The minimum atomic E-state index is -0.598. The van der Waals surface area contributed by atoms with Gasteiger partial charge >= 0.3 is 0 Å². The molecule has 1 unspecified atom stereocenters. The van der Waals surface area contributed by atoms with E-state index in [9.17, 15) is 14.7 Å². The highest BCUT2D eigenvalue weighted by Crippen LogP contribution is 2.11. The van der Waals surface area contributed by atoms with E-state index in [-0.39, 0.29) is 29.5 Å². The summed E-state index contributed by atoms with van der Waals surface area (Å²) in [5, 5.41) is 14.8. The van der Waals surface area contributed by atoms with Gasteiger partial charge in [-0.2, -0.15) is 0 Å². The van der Waals surface area contributed by atoms with Crippen LogP contribution in [0.2, 0.25) is 0 Å². The molecule has 0 fully saturated rings. The van der Waals surface area contributed by atoms with Crippen molar-refractivity contribution in [2.24, 2.45) is 0 Å². The van der Waals surface area contributed by atoms with E-state index in [1.54, 1.807) is 25.1 Å². The van der Waals surface area contributed by atoms with Gasteiger partial charge in [-0.15, -0.1) is 0 Å². The predicted molar refractivity (Wildman–Crippen MR) is 77.3 cm³/mol. The van der Waals surface area contributed by atoms with Gasteiger partial charge in [-0.25, -0.2) is 0 Å². The molecule has 0 bridgehead atoms. The Kier molecular flexibility index (Phi) is 5.13. The third-order valence-corrected chi connectivity index (χ3v) is 2.54. The van der Waals surface area contributed by atoms with Crippen molar-refractivity contribution >= 4 is 11.8 Å². The molecule has 1 atom stereocenters. The molecule has 110 valence electrons. The highest BCUT2D eigenvalue weighted by atomic mass is 16.3. The van der Waals surface area contributed by atoms with Crippen molar-refractivity contribution in [3.63, 3.8) is 0 Å². The number of hydrogen-bond acceptors (Lipinski definition) is 3. The Morgan fingerprint density at radius 3 is 2.50 bits per heavy atom. The Morgan fingerprint density at radius 1 is 1.30 bits per heavy atom. The fraction of sp³-hybridized carbons (Fsp3) is 0.467. The summed E-state index contributed by atoms with van der Waals surface area (Å²) in [6.07, 6.45) is 0.127. The molecule has 0 aliphatic heterocycles. The van der Waals surface area contributed by atoms with E-state index in [4.69, 9.17) is 0 Å². The summed E-state index contributed by atoms with van der Waals surface area (Å²) in [5.74, 6) is -0.359. The number of phenolic OH excluding ortho intramolecular Hbond substituents is 1. The maximum atomic E-state index is 11.8. The minimum absolute atomic E-state index is 0.119. The molecule has 1 aromatic carbocycles. The topological polar surface area (TPSA) is 78.4 Å². The van der Waals surface area contributed by atoms with Gasteiger partial charge in [-0.05, 0) is 45.4 Å². The predicted octanol–water partition coefficient (Wildman–Crippen LogP) is 1.35. The minimum Gasteiger partial charge on any atom is -0.508 e. The van der Waals surface area contributed by atoms with E-state index >= 15 is 0 Å². The third-order valence-electron chi connectivity index (χ3n) is 2.54. The average molecular weight is 278 g/mol. The molecule has 1 aromatic rings. The first kappa shape index (κ1) is 16.0. The molecule has 0 spiro atoms. The van der Waals surface area contributed by atoms with Crippen LogP contribution in [-0.4, -0.2) is 28.5 Å². The molecule has 0 radical (unpaired) electrons. The summed E-state index contributed by atoms with van der Waals surface area (Å²) in [4.78, 5) is 23.7. The smallest absolute Gasteiger partial charge is 0.242 e. The number of phenols is 1. The van der Waals surface area contributed by atoms with E-state index in [2.05, 4.69) is 10.6 Å². The van der Waals surface area contributed by atoms with Crippen molar-refractivity contribution < 1.29 is 14.7 Å². The molecule has 1 rings (SSSR count). The molecule has 3 N–H and O–H groups in total. The molecular formula is C15H22N2O3. The van der Waals surface area contributed by atoms with E-state index in [1.807, 2.05) is 20.8 Å². The second kappa shape index (κ2) is 6.41. The Balaban J connectivity index is 2.52. The Hall–Kier alpha value is -2.04. The Bertz CT molecular complexity index is 492. The van der Waals surface area contributed by atoms with Gasteiger partial charge in [0.25, 0.3) is 0 Å². The van der Waals surface area contributed by atoms with Crippen LogP contribution in [0.4, 0.5) is 0 Å². The van der Waals surface area contributed by atoms with E-state index in [1.165, 1.54) is 6.07 Å². The SMILES string of the molecule is CC(NC(=O)Cc1cccc(O)c1)C(=O)NC(C)(C)C. The lowest BCUT2D eigenvalue weighted by Gasteiger charge is -2.23. The van der Waals surface area contributed by atoms with Crippen LogP contribution in [0.25, 0.3) is 0 Å². The summed E-state index contributed by atoms with van der Waals surface area (Å²) in [6, 6.07) is 5.90. The summed E-state index contributed by atoms with van der Waals surface area (Å²) < 4.78 is 0. The quantitative estimate of drug-likeness (QED) is 0.778. The fourth-order valence-electron chi connectivity index (χ4n) is 1.69. The zero-order valence-corrected chi connectivity index (χ0v) is 12.4. The van der Waals surface area contributed by atoms with Crippen LogP contribution < -0.4 is 10.6 Å². The number of amides is 2. The fourth-order valence-corrected chi connectivity index (χ4v) is 1.69. The van der Waals surface area contributed by atoms with Crippen LogP contribution in [0.5, 0.6) is 5.75 Å². The van der Waals surface area contributed by atoms with Crippen LogP contribution in [0.3, 0.4) is 0 Å². The average Bonchev–Trinajstić information content (AvgIpc) is 2.26. The second-order valence-corrected chi connectivity index (χ2v) is 5.88. The Labute approximate surface area is 119 Å². The highest BCUT2D eigenvalue weighted by molar-refractivity contribution is 5.88. The monoisotopic (exact) mass is 278 g/mol. The highest BCUT2D eigenvalue weighted by Gasteiger charge is 2.20. The molecule has 5 nitrogen and oxygen atoms in total. The van der Waals surface area contributed by atoms with Crippen molar-refractivity contribution in [3.05, 3.63) is 29.8 Å². The normalized spacial score (nSPS) is 12.6. The standard InChI is InChI=1S/C15H22N2O3/c1-10(14(20)17-15(2,3)4)16-13(19)9-11-6-5-7-12(18)8-11/h5-8,10,18H,9H2,1-4H3,(H,16,19)(H,17,20). The summed E-state index contributed by atoms with van der Waals surface area (Å²) >= 11 is 0. The van der Waals surface area contributed by atoms with Crippen LogP contribution in [0, 0.1) is 0 Å². The van der Waals surface area contributed by atoms with Gasteiger partial charge in [0.2, 0.25) is 11.8 Å². The van der Waals surface area contributed by atoms with E-state index < -0.39 is 6.04 Å². The number of carbonyl (C=O) groups is 2. The lowest BCUT2D eigenvalue weighted by atomic mass is 10.1. The zero-order valence-electron chi connectivity index (χ0n) is 12.4. The first-order chi connectivity index (χ1) is 9.17. The number of aromatic hydroxyl groups is 1. The van der Waals surface area contributed by atoms with Crippen molar-refractivity contribution in [1.29, 1.82) is 0 Å². The van der Waals surface area contributed by atoms with Crippen molar-refractivity contribution in [1.82, 2.24) is 10.6 Å². The first-order valence-electron chi connectivity index (χ1n) is 6.57. The maximum absolute atomic E-state index is 11.8. The van der Waals surface area contributed by atoms with Gasteiger partial charge in [0.05, 0.1) is 6.42 Å². The maximum Gasteiger partial charge on any atom is 0.242 e. The number of carbonyl (C=O) groups excluding carboxylic acids is 2. The van der Waals surface area contributed by atoms with Gasteiger partial charge in [-0.1, -0.05) is 12.1 Å². The number of benzene rings is 1. The van der Waals surface area contributed by atoms with Crippen LogP contribution in [0.1, 0.15) is 33.3 Å². The van der Waals surface area contributed by atoms with Crippen LogP contribution in [0.15, 0.2) is 24.3 Å². The second-order valence-electron chi connectivity index (χ2n) is 5.88. The molecule has 2 amide bonds. The zero-order chi connectivity index (χ0) is 15.3. The molecule has 0 heterocycles. The summed E-state index contributed by atoms with van der Waals surface area (Å²) in [5.41, 5.74) is 0.368. The summed E-state index contributed by atoms with van der Waals surface area (Å²) in [7, 11) is 0. The molecule has 5 heteroatoms. The first-order valence-corrected chi connectivity index (χ1v) is 6.57. The molecule has 0 aliphatic carbocycles. The van der Waals surface area contributed by atoms with Crippen molar-refractivity contribution in [2.75, 3.05) is 0 Å². The van der Waals surface area contributed by atoms with Crippen molar-refractivity contribution in [3.8, 4) is 5.75 Å². The van der Waals surface area contributed by atoms with Crippen molar-refractivity contribution in [2.45, 2.75) is 45.7 Å². The lowest BCUT2D eigenvalue weighted by molar-refractivity contribution is -0.129.